The van der Waals surface area contributed by atoms with Gasteiger partial charge in [-0.2, -0.15) is 0 Å². The van der Waals surface area contributed by atoms with Crippen LogP contribution in [-0.2, 0) is 30.1 Å². The predicted molar refractivity (Wildman–Crippen MR) is 344 cm³/mol. The van der Waals surface area contributed by atoms with E-state index in [-0.39, 0.29) is 26.1 Å². The molecule has 23 heteroatoms. The number of sulfonamides is 3. The number of aromatic amines is 3. The van der Waals surface area contributed by atoms with Crippen LogP contribution >= 0.6 is 23.2 Å². The molecule has 444 valence electrons. The van der Waals surface area contributed by atoms with Gasteiger partial charge in [-0.15, -0.1) is 0 Å². The molecule has 15 nitrogen and oxygen atoms in total. The number of H-pyrrole nitrogens is 3. The Morgan fingerprint density at radius 3 is 1.23 bits per heavy atom. The molecule has 3 aromatic heterocycles. The quantitative estimate of drug-likeness (QED) is 0.0640. The topological polar surface area (TPSA) is 267 Å². The molecule has 9 N–H and O–H groups in total. The van der Waals surface area contributed by atoms with Crippen molar-refractivity contribution in [1.29, 1.82) is 0 Å². The van der Waals surface area contributed by atoms with Crippen LogP contribution in [0.3, 0.4) is 0 Å². The lowest BCUT2D eigenvalue weighted by Gasteiger charge is -2.07. The molecule has 0 aliphatic carbocycles. The molecule has 0 saturated carbocycles. The summed E-state index contributed by atoms with van der Waals surface area (Å²) in [5.74, 6) is 1.55. The minimum atomic E-state index is -3.86. The minimum Gasteiger partial charge on any atom is -0.338 e. The molecule has 0 bridgehead atoms. The van der Waals surface area contributed by atoms with Crippen molar-refractivity contribution in [3.8, 4) is 33.4 Å². The molecule has 0 saturated heterocycles. The molecule has 0 radical (unpaired) electrons. The second-order valence-electron chi connectivity index (χ2n) is 19.9. The number of aromatic nitrogens is 6. The molecule has 0 unspecified atom stereocenters. The first-order chi connectivity index (χ1) is 41.9. The average Bonchev–Trinajstić information content (AvgIpc) is 2.33. The highest BCUT2D eigenvalue weighted by atomic mass is 35.5. The van der Waals surface area contributed by atoms with E-state index in [0.717, 1.165) is 55.4 Å². The lowest BCUT2D eigenvalue weighted by molar-refractivity contribution is 0.151. The molecule has 88 heavy (non-hydrogen) atoms. The summed E-state index contributed by atoms with van der Waals surface area (Å²) in [4.78, 5) is 23.3. The maximum Gasteiger partial charge on any atom is 0.263 e. The van der Waals surface area contributed by atoms with Gasteiger partial charge in [0.1, 0.15) is 23.3 Å². The van der Waals surface area contributed by atoms with Crippen molar-refractivity contribution >= 4 is 123 Å². The summed E-state index contributed by atoms with van der Waals surface area (Å²) in [6.07, 6.45) is 8.23. The molecule has 0 fully saturated rings. The van der Waals surface area contributed by atoms with Crippen LogP contribution in [0.2, 0.25) is 10.0 Å². The van der Waals surface area contributed by atoms with E-state index in [2.05, 4.69) is 29.9 Å². The minimum absolute atomic E-state index is 0.0248. The normalized spacial score (nSPS) is 12.2. The van der Waals surface area contributed by atoms with Crippen molar-refractivity contribution in [2.24, 2.45) is 15.4 Å². The number of nitrogens with zero attached hydrogens (tertiary/aromatic N) is 3. The Kier molecular flexibility index (Phi) is 18.2. The SMILES string of the molecule is Cc1cc(F)cc(/C=C/c2nc3ccc(-c4ccccc4S(N)(=O)=O)cc3[nH]2)c1.NS(=O)(=O)c1ccccc1-c1ccc2nc(/C=C/c3ccc(C(F)F)cc3)[nH]c2c1.NS(=O)(=O)c1ccccc1-c1ccc2nc(/C=C/c3ccc(Cl)cc3Cl)[nH]c2c1. The summed E-state index contributed by atoms with van der Waals surface area (Å²) in [5.41, 5.74) is 11.3. The van der Waals surface area contributed by atoms with E-state index < -0.39 is 36.5 Å². The third-order valence-corrected chi connectivity index (χ3v) is 17.0. The number of hydrogen-bond acceptors (Lipinski definition) is 9. The summed E-state index contributed by atoms with van der Waals surface area (Å²) >= 11 is 12.1. The van der Waals surface area contributed by atoms with Crippen molar-refractivity contribution in [3.63, 3.8) is 0 Å². The van der Waals surface area contributed by atoms with Gasteiger partial charge in [0, 0.05) is 32.3 Å². The number of benzene rings is 9. The molecular formula is C65H50Cl2F3N9O6S3. The second-order valence-corrected chi connectivity index (χ2v) is 25.3. The highest BCUT2D eigenvalue weighted by Gasteiger charge is 2.19. The van der Waals surface area contributed by atoms with Gasteiger partial charge in [-0.05, 0) is 149 Å². The van der Waals surface area contributed by atoms with E-state index in [1.165, 1.54) is 42.5 Å². The zero-order chi connectivity index (χ0) is 62.5. The lowest BCUT2D eigenvalue weighted by atomic mass is 10.1. The molecule has 12 aromatic rings. The molecule has 0 amide bonds. The number of nitrogens with one attached hydrogen (secondary N) is 3. The van der Waals surface area contributed by atoms with Gasteiger partial charge in [0.25, 0.3) is 6.43 Å². The maximum atomic E-state index is 13.5. The zero-order valence-corrected chi connectivity index (χ0v) is 50.0. The lowest BCUT2D eigenvalue weighted by Crippen LogP contribution is -2.13. The van der Waals surface area contributed by atoms with Crippen molar-refractivity contribution in [2.45, 2.75) is 28.0 Å². The van der Waals surface area contributed by atoms with Crippen molar-refractivity contribution in [2.75, 3.05) is 0 Å². The average molecular weight is 1280 g/mol. The summed E-state index contributed by atoms with van der Waals surface area (Å²) < 4.78 is 110. The summed E-state index contributed by atoms with van der Waals surface area (Å²) in [6, 6.07) is 52.1. The number of fused-ring (bicyclic) bond motifs is 3. The summed E-state index contributed by atoms with van der Waals surface area (Å²) in [6.45, 7) is 1.84. The highest BCUT2D eigenvalue weighted by Crippen LogP contribution is 2.33. The predicted octanol–water partition coefficient (Wildman–Crippen LogP) is 14.8. The van der Waals surface area contributed by atoms with Gasteiger partial charge in [-0.25, -0.2) is 68.8 Å². The van der Waals surface area contributed by atoms with Gasteiger partial charge in [-0.3, -0.25) is 0 Å². The largest absolute Gasteiger partial charge is 0.338 e. The Bertz CT molecular complexity index is 5050. The molecule has 0 atom stereocenters. The Hall–Kier alpha value is -9.29. The van der Waals surface area contributed by atoms with Gasteiger partial charge in [0.15, 0.2) is 0 Å². The van der Waals surface area contributed by atoms with E-state index in [1.807, 2.05) is 61.5 Å². The first-order valence-corrected chi connectivity index (χ1v) is 31.8. The Morgan fingerprint density at radius 1 is 0.443 bits per heavy atom. The van der Waals surface area contributed by atoms with Crippen molar-refractivity contribution in [3.05, 3.63) is 249 Å². The monoisotopic (exact) mass is 1280 g/mol. The second kappa shape index (κ2) is 26.0. The van der Waals surface area contributed by atoms with Crippen LogP contribution in [0.4, 0.5) is 13.2 Å². The van der Waals surface area contributed by atoms with Crippen LogP contribution < -0.4 is 15.4 Å². The number of primary sulfonamides is 3. The molecule has 0 aliphatic heterocycles. The van der Waals surface area contributed by atoms with Crippen LogP contribution in [0.1, 0.15) is 51.7 Å². The first kappa shape index (κ1) is 61.8. The van der Waals surface area contributed by atoms with E-state index in [1.54, 1.807) is 127 Å². The van der Waals surface area contributed by atoms with Crippen LogP contribution in [0.15, 0.2) is 203 Å². The third-order valence-electron chi connectivity index (χ3n) is 13.5. The molecule has 9 aromatic carbocycles. The number of hydrogen-bond donors (Lipinski definition) is 6. The van der Waals surface area contributed by atoms with Gasteiger partial charge in [-0.1, -0.05) is 145 Å². The number of aryl methyl sites for hydroxylation is 1. The first-order valence-electron chi connectivity index (χ1n) is 26.4. The number of imidazole rings is 3. The fraction of sp³-hybridized carbons (Fsp3) is 0.0308. The maximum absolute atomic E-state index is 13.5. The Morgan fingerprint density at radius 2 is 0.841 bits per heavy atom. The van der Waals surface area contributed by atoms with E-state index in [4.69, 9.17) is 38.6 Å². The zero-order valence-electron chi connectivity index (χ0n) is 46.1. The van der Waals surface area contributed by atoms with Crippen LogP contribution in [0, 0.1) is 12.7 Å². The van der Waals surface area contributed by atoms with Crippen molar-refractivity contribution < 1.29 is 38.4 Å². The van der Waals surface area contributed by atoms with Gasteiger partial charge in [0.2, 0.25) is 30.1 Å². The standard InChI is InChI=1S/C22H17F2N3O2S.C22H18FN3O2S.C21H15Cl2N3O2S/c23-22(24)15-8-5-14(6-9-15)7-12-21-26-18-11-10-16(13-19(18)27-21)17-3-1-2-4-20(17)30(25,28)29;1-14-10-15(12-17(23)11-14)6-9-22-25-19-8-7-16(13-20(19)26-22)18-4-2-3-5-21(18)29(24,27)28;22-15-8-5-13(17(23)12-15)7-10-21-25-18-9-6-14(11-19(18)26-21)16-3-1-2-4-20(16)29(24,27)28/h1-13,22H,(H,26,27)(H2,25,28,29);2-13H,1H3,(H,25,26)(H2,24,27,28);1-12H,(H,25,26)(H2,24,27,28)/b12-7+;9-6+;10-7+. The molecule has 0 aliphatic rings. The Balaban J connectivity index is 0.000000146. The summed E-state index contributed by atoms with van der Waals surface area (Å²) in [5, 5.41) is 17.1. The van der Waals surface area contributed by atoms with Crippen LogP contribution in [0.25, 0.3) is 103 Å². The molecule has 3 heterocycles. The number of rotatable bonds is 13. The highest BCUT2D eigenvalue weighted by molar-refractivity contribution is 7.89. The summed E-state index contributed by atoms with van der Waals surface area (Å²) in [7, 11) is -11.5. The Labute approximate surface area is 513 Å². The molecular weight excluding hydrogens is 1230 g/mol. The van der Waals surface area contributed by atoms with Gasteiger partial charge < -0.3 is 15.0 Å². The van der Waals surface area contributed by atoms with E-state index >= 15 is 0 Å². The van der Waals surface area contributed by atoms with E-state index in [9.17, 15) is 38.4 Å². The van der Waals surface area contributed by atoms with E-state index in [0.29, 0.717) is 60.9 Å². The molecule has 12 rings (SSSR count). The molecule has 0 spiro atoms. The fourth-order valence-electron chi connectivity index (χ4n) is 9.46. The van der Waals surface area contributed by atoms with Crippen LogP contribution in [-0.4, -0.2) is 55.2 Å². The smallest absolute Gasteiger partial charge is 0.263 e. The third kappa shape index (κ3) is 15.1. The van der Waals surface area contributed by atoms with Crippen molar-refractivity contribution in [1.82, 2.24) is 29.9 Å². The number of halogens is 5. The van der Waals surface area contributed by atoms with Crippen LogP contribution in [0.5, 0.6) is 0 Å². The van der Waals surface area contributed by atoms with Gasteiger partial charge >= 0.3 is 0 Å². The fourth-order valence-corrected chi connectivity index (χ4v) is 12.2. The van der Waals surface area contributed by atoms with Gasteiger partial charge in [0.05, 0.1) is 47.8 Å². The number of alkyl halides is 2. The number of nitrogens with two attached hydrogens (primary N) is 3.